The number of halogens is 1. The minimum atomic E-state index is 0.148. The topological polar surface area (TPSA) is 63.6 Å². The lowest BCUT2D eigenvalue weighted by molar-refractivity contribution is -0.00537. The van der Waals surface area contributed by atoms with Gasteiger partial charge in [-0.25, -0.2) is 4.98 Å². The number of hydrogen-bond acceptors (Lipinski definition) is 7. The van der Waals surface area contributed by atoms with E-state index in [0.717, 1.165) is 30.8 Å². The van der Waals surface area contributed by atoms with Gasteiger partial charge in [0.2, 0.25) is 5.95 Å². The van der Waals surface area contributed by atoms with Crippen molar-refractivity contribution < 1.29 is 9.47 Å². The van der Waals surface area contributed by atoms with Crippen LogP contribution in [0.4, 0.5) is 11.8 Å². The zero-order chi connectivity index (χ0) is 18.3. The highest BCUT2D eigenvalue weighted by atomic mass is 35.5. The monoisotopic (exact) mass is 377 g/mol. The van der Waals surface area contributed by atoms with Gasteiger partial charge in [0.05, 0.1) is 36.8 Å². The largest absolute Gasteiger partial charge is 0.377 e. The van der Waals surface area contributed by atoms with Crippen molar-refractivity contribution in [3.8, 4) is 0 Å². The summed E-state index contributed by atoms with van der Waals surface area (Å²) in [5.41, 5.74) is 0.628. The maximum atomic E-state index is 6.13. The number of ether oxygens (including phenoxy) is 2. The minimum Gasteiger partial charge on any atom is -0.377 e. The second-order valence-corrected chi connectivity index (χ2v) is 7.52. The highest BCUT2D eigenvalue weighted by Crippen LogP contribution is 2.30. The van der Waals surface area contributed by atoms with E-state index in [1.807, 2.05) is 6.07 Å². The van der Waals surface area contributed by atoms with Gasteiger partial charge < -0.3 is 19.3 Å². The summed E-state index contributed by atoms with van der Waals surface area (Å²) in [7, 11) is 0. The lowest BCUT2D eigenvalue weighted by atomic mass is 10.2. The predicted molar refractivity (Wildman–Crippen MR) is 102 cm³/mol. The van der Waals surface area contributed by atoms with Crippen molar-refractivity contribution in [2.45, 2.75) is 39.0 Å². The van der Waals surface area contributed by atoms with Gasteiger partial charge in [-0.2, -0.15) is 9.97 Å². The highest BCUT2D eigenvalue weighted by Gasteiger charge is 2.28. The van der Waals surface area contributed by atoms with E-state index in [1.165, 1.54) is 0 Å². The molecule has 2 aromatic rings. The number of hydrogen-bond donors (Lipinski definition) is 0. The quantitative estimate of drug-likeness (QED) is 0.745. The van der Waals surface area contributed by atoms with E-state index in [0.29, 0.717) is 30.0 Å². The van der Waals surface area contributed by atoms with E-state index < -0.39 is 0 Å². The molecule has 2 fully saturated rings. The van der Waals surface area contributed by atoms with Crippen LogP contribution in [0, 0.1) is 0 Å². The third kappa shape index (κ3) is 3.43. The van der Waals surface area contributed by atoms with Crippen LogP contribution in [0.25, 0.3) is 11.0 Å². The molecule has 7 nitrogen and oxygen atoms in total. The van der Waals surface area contributed by atoms with Gasteiger partial charge >= 0.3 is 0 Å². The van der Waals surface area contributed by atoms with Crippen molar-refractivity contribution in [2.24, 2.45) is 0 Å². The molecule has 0 bridgehead atoms. The standard InChI is InChI=1S/C18H24ClN5O2/c1-11-10-25-7-6-24(11)18-21-16-14(4-5-15(19)20-16)17(22-18)23-8-12(2)26-13(3)9-23/h4-5,11-13H,6-10H2,1-3H3. The molecule has 26 heavy (non-hydrogen) atoms. The second-order valence-electron chi connectivity index (χ2n) is 7.13. The number of rotatable bonds is 2. The van der Waals surface area contributed by atoms with Crippen molar-refractivity contribution in [3.05, 3.63) is 17.3 Å². The molecule has 8 heteroatoms. The Labute approximate surface area is 158 Å². The van der Waals surface area contributed by atoms with Crippen molar-refractivity contribution in [1.29, 1.82) is 0 Å². The van der Waals surface area contributed by atoms with E-state index in [2.05, 4.69) is 35.6 Å². The first-order valence-corrected chi connectivity index (χ1v) is 9.48. The summed E-state index contributed by atoms with van der Waals surface area (Å²) in [5.74, 6) is 1.58. The first-order valence-electron chi connectivity index (χ1n) is 9.10. The van der Waals surface area contributed by atoms with Crippen molar-refractivity contribution in [1.82, 2.24) is 15.0 Å². The molecular weight excluding hydrogens is 354 g/mol. The Balaban J connectivity index is 1.81. The Hall–Kier alpha value is -1.70. The van der Waals surface area contributed by atoms with Gasteiger partial charge in [-0.15, -0.1) is 0 Å². The SMILES string of the molecule is CC1CN(c2nc(N3CCOCC3C)nc3nc(Cl)ccc23)CC(C)O1. The summed E-state index contributed by atoms with van der Waals surface area (Å²) in [6.45, 7) is 9.99. The molecule has 0 N–H and O–H groups in total. The lowest BCUT2D eigenvalue weighted by Crippen LogP contribution is -2.47. The van der Waals surface area contributed by atoms with Crippen LogP contribution < -0.4 is 9.80 Å². The first kappa shape index (κ1) is 17.7. The lowest BCUT2D eigenvalue weighted by Gasteiger charge is -2.37. The zero-order valence-electron chi connectivity index (χ0n) is 15.4. The first-order chi connectivity index (χ1) is 12.5. The molecule has 3 atom stereocenters. The normalized spacial score (nSPS) is 27.2. The number of fused-ring (bicyclic) bond motifs is 1. The average molecular weight is 378 g/mol. The molecular formula is C18H24ClN5O2. The van der Waals surface area contributed by atoms with E-state index in [9.17, 15) is 0 Å². The Bertz CT molecular complexity index is 794. The average Bonchev–Trinajstić information content (AvgIpc) is 2.60. The van der Waals surface area contributed by atoms with Crippen LogP contribution in [0.15, 0.2) is 12.1 Å². The van der Waals surface area contributed by atoms with Crippen LogP contribution in [0.3, 0.4) is 0 Å². The van der Waals surface area contributed by atoms with Gasteiger partial charge in [0.1, 0.15) is 11.0 Å². The fourth-order valence-electron chi connectivity index (χ4n) is 3.70. The van der Waals surface area contributed by atoms with Crippen molar-refractivity contribution in [2.75, 3.05) is 42.6 Å². The number of anilines is 2. The second kappa shape index (κ2) is 7.13. The van der Waals surface area contributed by atoms with Crippen LogP contribution in [0.1, 0.15) is 20.8 Å². The van der Waals surface area contributed by atoms with E-state index in [-0.39, 0.29) is 18.2 Å². The van der Waals surface area contributed by atoms with Crippen LogP contribution in [-0.4, -0.2) is 66.0 Å². The zero-order valence-corrected chi connectivity index (χ0v) is 16.1. The molecule has 2 aliphatic rings. The van der Waals surface area contributed by atoms with Crippen LogP contribution in [0.2, 0.25) is 5.15 Å². The van der Waals surface area contributed by atoms with Gasteiger partial charge in [0, 0.05) is 19.6 Å². The van der Waals surface area contributed by atoms with Gasteiger partial charge in [-0.1, -0.05) is 11.6 Å². The van der Waals surface area contributed by atoms with Gasteiger partial charge in [-0.3, -0.25) is 0 Å². The summed E-state index contributed by atoms with van der Waals surface area (Å²) < 4.78 is 11.4. The molecule has 4 rings (SSSR count). The Morgan fingerprint density at radius 2 is 1.85 bits per heavy atom. The Kier molecular flexibility index (Phi) is 4.86. The maximum absolute atomic E-state index is 6.13. The summed E-state index contributed by atoms with van der Waals surface area (Å²) >= 11 is 6.13. The van der Waals surface area contributed by atoms with Crippen molar-refractivity contribution >= 4 is 34.4 Å². The fourth-order valence-corrected chi connectivity index (χ4v) is 3.85. The molecule has 0 amide bonds. The number of pyridine rings is 1. The molecule has 2 aliphatic heterocycles. The minimum absolute atomic E-state index is 0.148. The summed E-state index contributed by atoms with van der Waals surface area (Å²) in [6.07, 6.45) is 0.296. The molecule has 0 aliphatic carbocycles. The number of nitrogens with zero attached hydrogens (tertiary/aromatic N) is 5. The smallest absolute Gasteiger partial charge is 0.229 e. The van der Waals surface area contributed by atoms with Crippen molar-refractivity contribution in [3.63, 3.8) is 0 Å². The summed E-state index contributed by atoms with van der Waals surface area (Å²) in [4.78, 5) is 18.6. The third-order valence-electron chi connectivity index (χ3n) is 4.84. The van der Waals surface area contributed by atoms with Gasteiger partial charge in [-0.05, 0) is 32.9 Å². The highest BCUT2D eigenvalue weighted by molar-refractivity contribution is 6.29. The molecule has 0 radical (unpaired) electrons. The van der Waals surface area contributed by atoms with Crippen LogP contribution >= 0.6 is 11.6 Å². The van der Waals surface area contributed by atoms with E-state index >= 15 is 0 Å². The fraction of sp³-hybridized carbons (Fsp3) is 0.611. The predicted octanol–water partition coefficient (Wildman–Crippen LogP) is 2.52. The Morgan fingerprint density at radius 3 is 2.58 bits per heavy atom. The Morgan fingerprint density at radius 1 is 1.08 bits per heavy atom. The summed E-state index contributed by atoms with van der Waals surface area (Å²) in [6, 6.07) is 3.97. The van der Waals surface area contributed by atoms with E-state index in [1.54, 1.807) is 6.07 Å². The molecule has 140 valence electrons. The van der Waals surface area contributed by atoms with Crippen LogP contribution in [0.5, 0.6) is 0 Å². The van der Waals surface area contributed by atoms with Crippen LogP contribution in [-0.2, 0) is 9.47 Å². The maximum Gasteiger partial charge on any atom is 0.229 e. The third-order valence-corrected chi connectivity index (χ3v) is 5.05. The van der Waals surface area contributed by atoms with Gasteiger partial charge in [0.25, 0.3) is 0 Å². The molecule has 3 unspecified atom stereocenters. The summed E-state index contributed by atoms with van der Waals surface area (Å²) in [5, 5.41) is 1.35. The molecule has 0 spiro atoms. The number of morpholine rings is 2. The van der Waals surface area contributed by atoms with E-state index in [4.69, 9.17) is 31.0 Å². The molecule has 2 saturated heterocycles. The number of aromatic nitrogens is 3. The molecule has 0 aromatic carbocycles. The molecule has 2 aromatic heterocycles. The molecule has 4 heterocycles. The molecule has 0 saturated carbocycles. The van der Waals surface area contributed by atoms with Gasteiger partial charge in [0.15, 0.2) is 5.65 Å².